The van der Waals surface area contributed by atoms with Crippen LogP contribution in [0.3, 0.4) is 0 Å². The van der Waals surface area contributed by atoms with Gasteiger partial charge in [0.1, 0.15) is 0 Å². The van der Waals surface area contributed by atoms with Gasteiger partial charge in [0, 0.05) is 23.8 Å². The van der Waals surface area contributed by atoms with Crippen molar-refractivity contribution in [3.63, 3.8) is 0 Å². The number of pyridine rings is 2. The third-order valence-electron chi connectivity index (χ3n) is 2.20. The largest absolute Gasteiger partial charge is 0.260 e. The fourth-order valence-corrected chi connectivity index (χ4v) is 2.22. The molecule has 4 heteroatoms. The molecule has 0 aliphatic heterocycles. The van der Waals surface area contributed by atoms with Gasteiger partial charge in [-0.2, -0.15) is 0 Å². The van der Waals surface area contributed by atoms with Crippen molar-refractivity contribution in [2.45, 2.75) is 23.6 Å². The van der Waals surface area contributed by atoms with E-state index in [1.807, 2.05) is 38.1 Å². The van der Waals surface area contributed by atoms with Crippen LogP contribution in [0.1, 0.15) is 11.4 Å². The first-order valence-electron chi connectivity index (χ1n) is 4.94. The first kappa shape index (κ1) is 11.0. The summed E-state index contributed by atoms with van der Waals surface area (Å²) in [5.74, 6) is 0. The Hall–Kier alpha value is -1.55. The molecule has 0 saturated carbocycles. The molecular formula is C12H12N2OS. The maximum atomic E-state index is 12.1. The Balaban J connectivity index is 2.32. The van der Waals surface area contributed by atoms with Crippen LogP contribution in [0.25, 0.3) is 0 Å². The Morgan fingerprint density at radius 1 is 0.875 bits per heavy atom. The number of aryl methyl sites for hydroxylation is 2. The Labute approximate surface area is 97.0 Å². The Morgan fingerprint density at radius 3 is 1.62 bits per heavy atom. The predicted molar refractivity (Wildman–Crippen MR) is 62.6 cm³/mol. The molecule has 16 heavy (non-hydrogen) atoms. The van der Waals surface area contributed by atoms with Gasteiger partial charge in [-0.1, -0.05) is 0 Å². The van der Waals surface area contributed by atoms with E-state index in [1.165, 1.54) is 0 Å². The van der Waals surface area contributed by atoms with Crippen molar-refractivity contribution in [2.24, 2.45) is 0 Å². The number of nitrogens with zero attached hydrogens (tertiary/aromatic N) is 2. The van der Waals surface area contributed by atoms with E-state index in [1.54, 1.807) is 12.4 Å². The van der Waals surface area contributed by atoms with Crippen LogP contribution in [0.2, 0.25) is 0 Å². The molecule has 2 aromatic heterocycles. The van der Waals surface area contributed by atoms with Crippen molar-refractivity contribution in [2.75, 3.05) is 0 Å². The first-order valence-corrected chi connectivity index (χ1v) is 6.09. The molecule has 0 fully saturated rings. The minimum absolute atomic E-state index is 0.705. The third kappa shape index (κ3) is 2.33. The van der Waals surface area contributed by atoms with E-state index in [4.69, 9.17) is 0 Å². The van der Waals surface area contributed by atoms with Crippen molar-refractivity contribution in [1.29, 1.82) is 0 Å². The van der Waals surface area contributed by atoms with Gasteiger partial charge in [-0.05, 0) is 38.1 Å². The van der Waals surface area contributed by atoms with Crippen LogP contribution in [0.4, 0.5) is 0 Å². The number of hydrogen-bond acceptors (Lipinski definition) is 3. The van der Waals surface area contributed by atoms with Crippen molar-refractivity contribution in [3.8, 4) is 0 Å². The minimum atomic E-state index is -1.19. The van der Waals surface area contributed by atoms with E-state index in [0.29, 0.717) is 9.79 Å². The fourth-order valence-electron chi connectivity index (χ4n) is 1.26. The van der Waals surface area contributed by atoms with Crippen LogP contribution in [0.5, 0.6) is 0 Å². The van der Waals surface area contributed by atoms with Gasteiger partial charge in [0.05, 0.1) is 20.6 Å². The molecule has 0 atom stereocenters. The zero-order valence-electron chi connectivity index (χ0n) is 9.18. The van der Waals surface area contributed by atoms with Gasteiger partial charge in [0.25, 0.3) is 0 Å². The lowest BCUT2D eigenvalue weighted by Gasteiger charge is -2.02. The van der Waals surface area contributed by atoms with Crippen molar-refractivity contribution < 1.29 is 4.21 Å². The van der Waals surface area contributed by atoms with Crippen LogP contribution in [0, 0.1) is 13.8 Å². The standard InChI is InChI=1S/C12H12N2OS/c1-9-3-5-11(7-13-9)16(15)12-6-4-10(2)14-8-12/h3-8H,1-2H3. The van der Waals surface area contributed by atoms with Gasteiger partial charge < -0.3 is 0 Å². The van der Waals surface area contributed by atoms with Gasteiger partial charge >= 0.3 is 0 Å². The summed E-state index contributed by atoms with van der Waals surface area (Å²) < 4.78 is 12.1. The van der Waals surface area contributed by atoms with Crippen molar-refractivity contribution in [3.05, 3.63) is 48.0 Å². The second-order valence-corrected chi connectivity index (χ2v) is 5.02. The summed E-state index contributed by atoms with van der Waals surface area (Å²) in [6, 6.07) is 7.38. The molecule has 2 aromatic rings. The molecule has 0 amide bonds. The molecule has 82 valence electrons. The summed E-state index contributed by atoms with van der Waals surface area (Å²) in [4.78, 5) is 9.67. The highest BCUT2D eigenvalue weighted by Crippen LogP contribution is 2.14. The molecule has 0 N–H and O–H groups in total. The Morgan fingerprint density at radius 2 is 1.31 bits per heavy atom. The molecule has 0 aromatic carbocycles. The molecule has 0 saturated heterocycles. The molecule has 0 unspecified atom stereocenters. The van der Waals surface area contributed by atoms with Crippen LogP contribution in [-0.4, -0.2) is 14.2 Å². The normalized spacial score (nSPS) is 10.7. The van der Waals surface area contributed by atoms with Gasteiger partial charge in [0.2, 0.25) is 0 Å². The zero-order valence-corrected chi connectivity index (χ0v) is 9.99. The van der Waals surface area contributed by atoms with E-state index >= 15 is 0 Å². The van der Waals surface area contributed by atoms with E-state index in [9.17, 15) is 4.21 Å². The molecule has 3 nitrogen and oxygen atoms in total. The third-order valence-corrected chi connectivity index (χ3v) is 3.54. The second kappa shape index (κ2) is 4.53. The first-order chi connectivity index (χ1) is 7.66. The smallest absolute Gasteiger partial charge is 0.0881 e. The maximum Gasteiger partial charge on any atom is 0.0881 e. The van der Waals surface area contributed by atoms with Gasteiger partial charge in [-0.25, -0.2) is 4.21 Å². The van der Waals surface area contributed by atoms with Crippen LogP contribution in [-0.2, 0) is 10.8 Å². The van der Waals surface area contributed by atoms with Crippen LogP contribution in [0.15, 0.2) is 46.5 Å². The monoisotopic (exact) mass is 232 g/mol. The van der Waals surface area contributed by atoms with E-state index in [2.05, 4.69) is 9.97 Å². The Kier molecular flexibility index (Phi) is 3.10. The second-order valence-electron chi connectivity index (χ2n) is 3.54. The zero-order chi connectivity index (χ0) is 11.5. The van der Waals surface area contributed by atoms with Gasteiger partial charge in [-0.15, -0.1) is 0 Å². The number of rotatable bonds is 2. The van der Waals surface area contributed by atoms with Crippen LogP contribution >= 0.6 is 0 Å². The quantitative estimate of drug-likeness (QED) is 0.797. The summed E-state index contributed by atoms with van der Waals surface area (Å²) in [5.41, 5.74) is 1.84. The molecule has 0 aliphatic rings. The van der Waals surface area contributed by atoms with Gasteiger partial charge in [0.15, 0.2) is 0 Å². The van der Waals surface area contributed by atoms with Crippen LogP contribution < -0.4 is 0 Å². The molecular weight excluding hydrogens is 220 g/mol. The summed E-state index contributed by atoms with van der Waals surface area (Å²) in [6.45, 7) is 3.81. The summed E-state index contributed by atoms with van der Waals surface area (Å²) in [6.07, 6.45) is 3.29. The highest BCUT2D eigenvalue weighted by atomic mass is 32.2. The van der Waals surface area contributed by atoms with E-state index < -0.39 is 10.8 Å². The lowest BCUT2D eigenvalue weighted by Crippen LogP contribution is -1.95. The summed E-state index contributed by atoms with van der Waals surface area (Å²) in [7, 11) is -1.19. The van der Waals surface area contributed by atoms with Gasteiger partial charge in [-0.3, -0.25) is 9.97 Å². The molecule has 0 bridgehead atoms. The molecule has 2 rings (SSSR count). The summed E-state index contributed by atoms with van der Waals surface area (Å²) in [5, 5.41) is 0. The lowest BCUT2D eigenvalue weighted by molar-refractivity contribution is 0.682. The highest BCUT2D eigenvalue weighted by Gasteiger charge is 2.07. The molecule has 2 heterocycles. The predicted octanol–water partition coefficient (Wildman–Crippen LogP) is 2.26. The highest BCUT2D eigenvalue weighted by molar-refractivity contribution is 7.85. The number of hydrogen-bond donors (Lipinski definition) is 0. The average Bonchev–Trinajstić information content (AvgIpc) is 2.30. The maximum absolute atomic E-state index is 12.1. The van der Waals surface area contributed by atoms with E-state index in [-0.39, 0.29) is 0 Å². The topological polar surface area (TPSA) is 42.9 Å². The minimum Gasteiger partial charge on any atom is -0.260 e. The summed E-state index contributed by atoms with van der Waals surface area (Å²) >= 11 is 0. The number of aromatic nitrogens is 2. The lowest BCUT2D eigenvalue weighted by atomic mass is 10.4. The molecule has 0 aliphatic carbocycles. The molecule has 0 radical (unpaired) electrons. The average molecular weight is 232 g/mol. The SMILES string of the molecule is Cc1ccc(S(=O)c2ccc(C)nc2)cn1. The van der Waals surface area contributed by atoms with Crippen molar-refractivity contribution in [1.82, 2.24) is 9.97 Å². The Bertz CT molecular complexity index is 458. The van der Waals surface area contributed by atoms with Crippen molar-refractivity contribution >= 4 is 10.8 Å². The molecule has 0 spiro atoms. The van der Waals surface area contributed by atoms with E-state index in [0.717, 1.165) is 11.4 Å². The fraction of sp³-hybridized carbons (Fsp3) is 0.167.